The van der Waals surface area contributed by atoms with E-state index >= 15 is 0 Å². The molecule has 6 heteroatoms. The molecule has 1 N–H and O–H groups in total. The predicted molar refractivity (Wildman–Crippen MR) is 112 cm³/mol. The number of nitrogens with zero attached hydrogens (tertiary/aromatic N) is 2. The van der Waals surface area contributed by atoms with Crippen molar-refractivity contribution in [2.24, 2.45) is 0 Å². The van der Waals surface area contributed by atoms with Gasteiger partial charge in [-0.1, -0.05) is 12.1 Å². The van der Waals surface area contributed by atoms with E-state index in [1.165, 1.54) is 5.69 Å². The first-order chi connectivity index (χ1) is 13.3. The van der Waals surface area contributed by atoms with E-state index in [2.05, 4.69) is 53.7 Å². The lowest BCUT2D eigenvalue weighted by atomic mass is 10.1. The second kappa shape index (κ2) is 7.88. The fourth-order valence-corrected chi connectivity index (χ4v) is 3.88. The monoisotopic (exact) mass is 381 g/mol. The highest BCUT2D eigenvalue weighted by molar-refractivity contribution is 7.14. The maximum absolute atomic E-state index is 5.64. The van der Waals surface area contributed by atoms with Crippen LogP contribution in [0.25, 0.3) is 11.3 Å². The number of rotatable bonds is 6. The molecule has 5 nitrogen and oxygen atoms in total. The number of benzene rings is 2. The summed E-state index contributed by atoms with van der Waals surface area (Å²) in [5, 5.41) is 6.29. The Kier molecular flexibility index (Phi) is 5.16. The van der Waals surface area contributed by atoms with E-state index < -0.39 is 0 Å². The lowest BCUT2D eigenvalue weighted by Crippen LogP contribution is -2.21. The number of aromatic nitrogens is 1. The van der Waals surface area contributed by atoms with Crippen LogP contribution in [0.3, 0.4) is 0 Å². The topological polar surface area (TPSA) is 46.6 Å². The third-order valence-electron chi connectivity index (χ3n) is 4.59. The number of nitrogens with one attached hydrogen (secondary N) is 1. The van der Waals surface area contributed by atoms with Gasteiger partial charge in [-0.05, 0) is 38.1 Å². The van der Waals surface area contributed by atoms with E-state index in [9.17, 15) is 0 Å². The number of thiazole rings is 1. The molecule has 0 spiro atoms. The number of fused-ring (bicyclic) bond motifs is 1. The fraction of sp³-hybridized carbons (Fsp3) is 0.286. The molecule has 4 rings (SSSR count). The Morgan fingerprint density at radius 1 is 1.00 bits per heavy atom. The number of ether oxygens (including phenoxy) is 2. The summed E-state index contributed by atoms with van der Waals surface area (Å²) in [6, 6.07) is 14.5. The van der Waals surface area contributed by atoms with Crippen LogP contribution in [0, 0.1) is 0 Å². The Balaban J connectivity index is 1.48. The normalized spacial score (nSPS) is 12.7. The van der Waals surface area contributed by atoms with Gasteiger partial charge in [0.25, 0.3) is 0 Å². The third kappa shape index (κ3) is 3.85. The van der Waals surface area contributed by atoms with Crippen molar-refractivity contribution < 1.29 is 9.47 Å². The van der Waals surface area contributed by atoms with Crippen molar-refractivity contribution >= 4 is 27.8 Å². The Bertz CT molecular complexity index is 904. The van der Waals surface area contributed by atoms with Gasteiger partial charge in [0.05, 0.1) is 5.69 Å². The van der Waals surface area contributed by atoms with Gasteiger partial charge in [0.2, 0.25) is 0 Å². The highest BCUT2D eigenvalue weighted by Crippen LogP contribution is 2.35. The molecule has 0 unspecified atom stereocenters. The number of hydrogen-bond donors (Lipinski definition) is 1. The summed E-state index contributed by atoms with van der Waals surface area (Å²) >= 11 is 1.59. The van der Waals surface area contributed by atoms with Gasteiger partial charge in [-0.3, -0.25) is 0 Å². The molecular weight excluding hydrogens is 358 g/mol. The van der Waals surface area contributed by atoms with Crippen LogP contribution in [0.1, 0.15) is 13.8 Å². The van der Waals surface area contributed by atoms with E-state index in [4.69, 9.17) is 14.5 Å². The van der Waals surface area contributed by atoms with Crippen molar-refractivity contribution in [3.05, 3.63) is 47.8 Å². The Morgan fingerprint density at radius 2 is 1.74 bits per heavy atom. The minimum atomic E-state index is 0.585. The van der Waals surface area contributed by atoms with Gasteiger partial charge in [-0.2, -0.15) is 0 Å². The van der Waals surface area contributed by atoms with Gasteiger partial charge >= 0.3 is 0 Å². The quantitative estimate of drug-likeness (QED) is 0.638. The van der Waals surface area contributed by atoms with Crippen molar-refractivity contribution in [3.63, 3.8) is 0 Å². The average molecular weight is 382 g/mol. The van der Waals surface area contributed by atoms with Crippen molar-refractivity contribution in [3.8, 4) is 22.8 Å². The first-order valence-corrected chi connectivity index (χ1v) is 10.1. The molecule has 0 fully saturated rings. The minimum Gasteiger partial charge on any atom is -0.486 e. The second-order valence-electron chi connectivity index (χ2n) is 6.24. The molecule has 0 atom stereocenters. The zero-order valence-electron chi connectivity index (χ0n) is 15.6. The van der Waals surface area contributed by atoms with Gasteiger partial charge in [0, 0.05) is 41.5 Å². The predicted octanol–water partition coefficient (Wildman–Crippen LogP) is 5.17. The molecule has 0 aliphatic carbocycles. The summed E-state index contributed by atoms with van der Waals surface area (Å²) in [5.41, 5.74) is 4.29. The molecule has 0 bridgehead atoms. The van der Waals surface area contributed by atoms with Crippen LogP contribution in [0.5, 0.6) is 11.5 Å². The highest BCUT2D eigenvalue weighted by atomic mass is 32.1. The second-order valence-corrected chi connectivity index (χ2v) is 7.10. The summed E-state index contributed by atoms with van der Waals surface area (Å²) in [6.07, 6.45) is 0. The molecule has 1 aromatic heterocycles. The minimum absolute atomic E-state index is 0.585. The molecule has 2 aromatic carbocycles. The summed E-state index contributed by atoms with van der Waals surface area (Å²) in [6.45, 7) is 7.55. The summed E-state index contributed by atoms with van der Waals surface area (Å²) in [7, 11) is 0. The van der Waals surface area contributed by atoms with Crippen LogP contribution in [-0.4, -0.2) is 31.3 Å². The van der Waals surface area contributed by atoms with Gasteiger partial charge in [0.15, 0.2) is 16.6 Å². The molecule has 3 aromatic rings. The maximum atomic E-state index is 5.64. The van der Waals surface area contributed by atoms with E-state index in [1.807, 2.05) is 18.2 Å². The van der Waals surface area contributed by atoms with Gasteiger partial charge in [-0.15, -0.1) is 11.3 Å². The van der Waals surface area contributed by atoms with Crippen molar-refractivity contribution in [2.75, 3.05) is 36.5 Å². The van der Waals surface area contributed by atoms with Crippen LogP contribution < -0.4 is 19.7 Å². The molecule has 0 saturated heterocycles. The smallest absolute Gasteiger partial charge is 0.187 e. The Morgan fingerprint density at radius 3 is 2.48 bits per heavy atom. The van der Waals surface area contributed by atoms with Crippen molar-refractivity contribution in [1.29, 1.82) is 0 Å². The zero-order chi connectivity index (χ0) is 18.6. The summed E-state index contributed by atoms with van der Waals surface area (Å²) in [5.74, 6) is 1.56. The molecule has 1 aliphatic heterocycles. The molecule has 2 heterocycles. The average Bonchev–Trinajstić information content (AvgIpc) is 3.18. The maximum Gasteiger partial charge on any atom is 0.187 e. The third-order valence-corrected chi connectivity index (χ3v) is 5.35. The molecule has 27 heavy (non-hydrogen) atoms. The number of hydrogen-bond acceptors (Lipinski definition) is 6. The standard InChI is InChI=1S/C21H23N3O2S/c1-3-24(4-2)17-8-5-15(6-9-17)18-14-27-21(23-18)22-16-7-10-19-20(13-16)26-12-11-25-19/h5-10,13-14H,3-4,11-12H2,1-2H3,(H,22,23). The van der Waals surface area contributed by atoms with E-state index in [0.717, 1.165) is 46.7 Å². The Hall–Kier alpha value is -2.73. The van der Waals surface area contributed by atoms with Crippen molar-refractivity contribution in [2.45, 2.75) is 13.8 Å². The molecule has 0 radical (unpaired) electrons. The largest absolute Gasteiger partial charge is 0.486 e. The lowest BCUT2D eigenvalue weighted by molar-refractivity contribution is 0.171. The molecule has 0 amide bonds. The van der Waals surface area contributed by atoms with Gasteiger partial charge in [-0.25, -0.2) is 4.98 Å². The van der Waals surface area contributed by atoms with E-state index in [0.29, 0.717) is 13.2 Å². The van der Waals surface area contributed by atoms with Crippen LogP contribution in [0.2, 0.25) is 0 Å². The number of anilines is 3. The van der Waals surface area contributed by atoms with E-state index in [-0.39, 0.29) is 0 Å². The van der Waals surface area contributed by atoms with Crippen molar-refractivity contribution in [1.82, 2.24) is 4.98 Å². The molecule has 1 aliphatic rings. The molecule has 0 saturated carbocycles. The van der Waals surface area contributed by atoms with E-state index in [1.54, 1.807) is 11.3 Å². The summed E-state index contributed by atoms with van der Waals surface area (Å²) in [4.78, 5) is 7.06. The highest BCUT2D eigenvalue weighted by Gasteiger charge is 2.13. The first kappa shape index (κ1) is 17.7. The SMILES string of the molecule is CCN(CC)c1ccc(-c2csc(Nc3ccc4c(c3)OCCO4)n2)cc1. The van der Waals surface area contributed by atoms with Gasteiger partial charge < -0.3 is 19.7 Å². The Labute approximate surface area is 163 Å². The zero-order valence-corrected chi connectivity index (χ0v) is 16.4. The lowest BCUT2D eigenvalue weighted by Gasteiger charge is -2.20. The summed E-state index contributed by atoms with van der Waals surface area (Å²) < 4.78 is 11.2. The first-order valence-electron chi connectivity index (χ1n) is 9.24. The van der Waals surface area contributed by atoms with Crippen LogP contribution in [0.4, 0.5) is 16.5 Å². The van der Waals surface area contributed by atoms with Crippen LogP contribution >= 0.6 is 11.3 Å². The van der Waals surface area contributed by atoms with Gasteiger partial charge in [0.1, 0.15) is 13.2 Å². The molecular formula is C21H23N3O2S. The molecule has 140 valence electrons. The van der Waals surface area contributed by atoms with Crippen LogP contribution in [0.15, 0.2) is 47.8 Å². The van der Waals surface area contributed by atoms with Crippen LogP contribution in [-0.2, 0) is 0 Å². The fourth-order valence-electron chi connectivity index (χ4n) is 3.14.